The van der Waals surface area contributed by atoms with Crippen molar-refractivity contribution in [1.82, 2.24) is 5.32 Å². The molecule has 7 heteroatoms. The number of carbonyl (C=O) groups is 1. The number of aliphatic hydroxyl groups is 2. The third kappa shape index (κ3) is 12.8. The Morgan fingerprint density at radius 3 is 2.29 bits per heavy atom. The summed E-state index contributed by atoms with van der Waals surface area (Å²) in [4.78, 5) is 13.0. The molecule has 7 nitrogen and oxygen atoms in total. The number of rotatable bonds is 21. The van der Waals surface area contributed by atoms with Crippen LogP contribution in [-0.2, 0) is 16.0 Å². The Balaban J connectivity index is 2.76. The highest BCUT2D eigenvalue weighted by molar-refractivity contribution is 5.79. The molecule has 0 aliphatic rings. The number of aliphatic hydroxyl groups excluding tert-OH is 2. The minimum absolute atomic E-state index is 0.0551. The highest BCUT2D eigenvalue weighted by Crippen LogP contribution is 2.32. The van der Waals surface area contributed by atoms with E-state index < -0.39 is 6.10 Å². The Hall–Kier alpha value is -1.83. The Morgan fingerprint density at radius 2 is 1.71 bits per heavy atom. The van der Waals surface area contributed by atoms with Crippen molar-refractivity contribution in [2.24, 2.45) is 23.7 Å². The Labute approximate surface area is 231 Å². The van der Waals surface area contributed by atoms with Crippen LogP contribution in [0.15, 0.2) is 18.2 Å². The van der Waals surface area contributed by atoms with Gasteiger partial charge in [0.1, 0.15) is 0 Å². The average molecular weight is 538 g/mol. The van der Waals surface area contributed by atoms with Crippen LogP contribution in [0.4, 0.5) is 0 Å². The fourth-order valence-electron chi connectivity index (χ4n) is 4.79. The first-order chi connectivity index (χ1) is 18.2. The lowest BCUT2D eigenvalue weighted by molar-refractivity contribution is -0.128. The van der Waals surface area contributed by atoms with Gasteiger partial charge < -0.3 is 29.7 Å². The average Bonchev–Trinajstić information content (AvgIpc) is 2.89. The van der Waals surface area contributed by atoms with Crippen LogP contribution in [0, 0.1) is 23.7 Å². The molecule has 0 aromatic heterocycles. The summed E-state index contributed by atoms with van der Waals surface area (Å²) < 4.78 is 16.5. The predicted molar refractivity (Wildman–Crippen MR) is 154 cm³/mol. The molecule has 1 amide bonds. The molecule has 0 spiro atoms. The minimum Gasteiger partial charge on any atom is -0.493 e. The molecule has 1 aromatic carbocycles. The van der Waals surface area contributed by atoms with E-state index in [9.17, 15) is 15.0 Å². The summed E-state index contributed by atoms with van der Waals surface area (Å²) in [7, 11) is 3.33. The Morgan fingerprint density at radius 1 is 0.974 bits per heavy atom. The van der Waals surface area contributed by atoms with Crippen molar-refractivity contribution in [3.8, 4) is 11.5 Å². The molecule has 0 saturated carbocycles. The lowest BCUT2D eigenvalue weighted by Crippen LogP contribution is -2.43. The molecule has 3 unspecified atom stereocenters. The van der Waals surface area contributed by atoms with E-state index in [1.807, 2.05) is 19.9 Å². The highest BCUT2D eigenvalue weighted by Gasteiger charge is 2.27. The second-order valence-electron chi connectivity index (χ2n) is 11.2. The lowest BCUT2D eigenvalue weighted by atomic mass is 9.82. The van der Waals surface area contributed by atoms with Gasteiger partial charge in [0.15, 0.2) is 11.5 Å². The number of unbranched alkanes of at least 4 members (excludes halogenated alkanes) is 1. The van der Waals surface area contributed by atoms with Crippen LogP contribution in [-0.4, -0.2) is 62.3 Å². The maximum atomic E-state index is 13.0. The predicted octanol–water partition coefficient (Wildman–Crippen LogP) is 5.40. The zero-order valence-corrected chi connectivity index (χ0v) is 25.0. The van der Waals surface area contributed by atoms with Crippen LogP contribution >= 0.6 is 0 Å². The molecule has 0 bridgehead atoms. The van der Waals surface area contributed by atoms with Gasteiger partial charge in [0.25, 0.3) is 0 Å². The molecule has 220 valence electrons. The number of methoxy groups -OCH3 is 2. The van der Waals surface area contributed by atoms with E-state index in [0.29, 0.717) is 37.9 Å². The van der Waals surface area contributed by atoms with Crippen LogP contribution in [0.3, 0.4) is 0 Å². The van der Waals surface area contributed by atoms with E-state index in [4.69, 9.17) is 14.2 Å². The molecule has 38 heavy (non-hydrogen) atoms. The molecule has 0 fully saturated rings. The molecule has 4 atom stereocenters. The van der Waals surface area contributed by atoms with Crippen molar-refractivity contribution >= 4 is 5.91 Å². The number of ether oxygens (including phenoxy) is 3. The van der Waals surface area contributed by atoms with E-state index in [1.165, 1.54) is 5.56 Å². The van der Waals surface area contributed by atoms with Crippen LogP contribution in [0.25, 0.3) is 0 Å². The highest BCUT2D eigenvalue weighted by atomic mass is 16.5. The van der Waals surface area contributed by atoms with Crippen molar-refractivity contribution < 1.29 is 29.2 Å². The van der Waals surface area contributed by atoms with E-state index in [1.54, 1.807) is 14.2 Å². The molecule has 0 aliphatic carbocycles. The van der Waals surface area contributed by atoms with Gasteiger partial charge in [0, 0.05) is 26.1 Å². The van der Waals surface area contributed by atoms with Crippen LogP contribution < -0.4 is 14.8 Å². The zero-order chi connectivity index (χ0) is 28.5. The number of amides is 1. The van der Waals surface area contributed by atoms with Crippen molar-refractivity contribution in [2.75, 3.05) is 34.0 Å². The largest absolute Gasteiger partial charge is 0.493 e. The first kappa shape index (κ1) is 34.2. The van der Waals surface area contributed by atoms with Gasteiger partial charge in [-0.3, -0.25) is 4.79 Å². The summed E-state index contributed by atoms with van der Waals surface area (Å²) >= 11 is 0. The third-order valence-corrected chi connectivity index (χ3v) is 7.43. The number of benzene rings is 1. The maximum absolute atomic E-state index is 13.0. The van der Waals surface area contributed by atoms with Gasteiger partial charge >= 0.3 is 0 Å². The van der Waals surface area contributed by atoms with Crippen LogP contribution in [0.2, 0.25) is 0 Å². The van der Waals surface area contributed by atoms with E-state index >= 15 is 0 Å². The first-order valence-electron chi connectivity index (χ1n) is 14.5. The second-order valence-corrected chi connectivity index (χ2v) is 11.2. The van der Waals surface area contributed by atoms with Gasteiger partial charge in [-0.25, -0.2) is 0 Å². The Kier molecular flexibility index (Phi) is 17.3. The van der Waals surface area contributed by atoms with Gasteiger partial charge in [-0.15, -0.1) is 0 Å². The van der Waals surface area contributed by atoms with E-state index in [0.717, 1.165) is 50.0 Å². The summed E-state index contributed by atoms with van der Waals surface area (Å²) in [5.41, 5.74) is 1.18. The fraction of sp³-hybridized carbons (Fsp3) is 0.774. The van der Waals surface area contributed by atoms with E-state index in [-0.39, 0.29) is 30.4 Å². The lowest BCUT2D eigenvalue weighted by Gasteiger charge is -2.27. The summed E-state index contributed by atoms with van der Waals surface area (Å²) in [6, 6.07) is 5.89. The van der Waals surface area contributed by atoms with Gasteiger partial charge in [0.2, 0.25) is 5.91 Å². The monoisotopic (exact) mass is 537 g/mol. The molecule has 0 aliphatic heterocycles. The van der Waals surface area contributed by atoms with Crippen LogP contribution in [0.1, 0.15) is 85.1 Å². The standard InChI is InChI=1S/C31H55NO6/c1-8-9-11-26(21-33)32-31(35)28(23(4)5)20-27(34)14-13-25(22(2)3)18-24-12-15-29(37-7)30(19-24)38-17-10-16-36-6/h12,15,19,22-23,25-28,33-34H,8-11,13-14,16-18,20-21H2,1-7H3,(H,32,35)/t25?,26?,27-,28?/m1/s1. The number of hydrogen-bond acceptors (Lipinski definition) is 6. The summed E-state index contributed by atoms with van der Waals surface area (Å²) in [6.07, 6.45) is 5.86. The summed E-state index contributed by atoms with van der Waals surface area (Å²) in [6.45, 7) is 11.7. The second kappa shape index (κ2) is 19.3. The van der Waals surface area contributed by atoms with Crippen LogP contribution in [0.5, 0.6) is 11.5 Å². The molecule has 0 radical (unpaired) electrons. The SMILES string of the molecule is CCCCC(CO)NC(=O)C(C[C@H](O)CCC(Cc1ccc(OC)c(OCCCOC)c1)C(C)C)C(C)C. The van der Waals surface area contributed by atoms with Crippen molar-refractivity contribution in [2.45, 2.75) is 98.1 Å². The summed E-state index contributed by atoms with van der Waals surface area (Å²) in [5, 5.41) is 23.6. The molecule has 3 N–H and O–H groups in total. The fourth-order valence-corrected chi connectivity index (χ4v) is 4.79. The smallest absolute Gasteiger partial charge is 0.223 e. The Bertz CT molecular complexity index is 769. The quantitative estimate of drug-likeness (QED) is 0.182. The zero-order valence-electron chi connectivity index (χ0n) is 25.0. The van der Waals surface area contributed by atoms with Crippen molar-refractivity contribution in [3.05, 3.63) is 23.8 Å². The van der Waals surface area contributed by atoms with E-state index in [2.05, 4.69) is 38.2 Å². The number of hydrogen-bond donors (Lipinski definition) is 3. The van der Waals surface area contributed by atoms with Crippen molar-refractivity contribution in [1.29, 1.82) is 0 Å². The number of nitrogens with one attached hydrogen (secondary N) is 1. The van der Waals surface area contributed by atoms with Crippen molar-refractivity contribution in [3.63, 3.8) is 0 Å². The minimum atomic E-state index is -0.548. The maximum Gasteiger partial charge on any atom is 0.223 e. The van der Waals surface area contributed by atoms with Gasteiger partial charge in [-0.1, -0.05) is 53.5 Å². The molecular weight excluding hydrogens is 482 g/mol. The number of carbonyl (C=O) groups excluding carboxylic acids is 1. The molecule has 1 rings (SSSR count). The normalized spacial score (nSPS) is 14.8. The molecule has 1 aromatic rings. The van der Waals surface area contributed by atoms with Gasteiger partial charge in [-0.05, 0) is 67.6 Å². The first-order valence-corrected chi connectivity index (χ1v) is 14.5. The van der Waals surface area contributed by atoms with Gasteiger partial charge in [-0.2, -0.15) is 0 Å². The molecular formula is C31H55NO6. The third-order valence-electron chi connectivity index (χ3n) is 7.43. The summed E-state index contributed by atoms with van der Waals surface area (Å²) in [5.74, 6) is 2.07. The molecule has 0 saturated heterocycles. The van der Waals surface area contributed by atoms with Gasteiger partial charge in [0.05, 0.1) is 32.5 Å². The molecule has 0 heterocycles. The topological polar surface area (TPSA) is 97.3 Å².